The van der Waals surface area contributed by atoms with Crippen LogP contribution in [0.15, 0.2) is 72.8 Å². The quantitative estimate of drug-likeness (QED) is 0.372. The molecule has 4 heteroatoms. The third-order valence-electron chi connectivity index (χ3n) is 2.30. The Kier molecular flexibility index (Phi) is 11.9. The van der Waals surface area contributed by atoms with Gasteiger partial charge in [0.25, 0.3) is 0 Å². The summed E-state index contributed by atoms with van der Waals surface area (Å²) in [5.74, 6) is 0.322. The van der Waals surface area contributed by atoms with Crippen molar-refractivity contribution in [2.24, 2.45) is 0 Å². The molecule has 0 atom stereocenters. The number of rotatable bonds is 0. The summed E-state index contributed by atoms with van der Waals surface area (Å²) >= 11 is 0. The number of para-hydroxylation sites is 1. The number of fused-ring (bicyclic) bond motifs is 1. The molecular weight excluding hydrogens is 315 g/mol. The monoisotopic (exact) mass is 327 g/mol. The zero-order chi connectivity index (χ0) is 11.2. The van der Waals surface area contributed by atoms with Crippen LogP contribution in [0.5, 0.6) is 5.75 Å². The van der Waals surface area contributed by atoms with Gasteiger partial charge in [-0.15, -0.1) is 29.7 Å². The van der Waals surface area contributed by atoms with Crippen molar-refractivity contribution in [1.29, 1.82) is 0 Å². The van der Waals surface area contributed by atoms with Gasteiger partial charge in [-0.3, -0.25) is 0 Å². The molecule has 3 aromatic rings. The molecule has 0 saturated carbocycles. The van der Waals surface area contributed by atoms with Gasteiger partial charge in [-0.25, -0.2) is 0 Å². The average molecular weight is 328 g/mol. The SMILES string of the molecule is Oc1ccccc1.[Cl-].[Cl-].[Ti+3].c1ccc2[cH-]ccc2c1. The minimum Gasteiger partial charge on any atom is -1.00 e. The first-order valence-electron chi connectivity index (χ1n) is 5.21. The normalized spacial score (nSPS) is 8.00. The van der Waals surface area contributed by atoms with Gasteiger partial charge in [0.2, 0.25) is 0 Å². The molecule has 3 rings (SSSR count). The predicted octanol–water partition coefficient (Wildman–Crippen LogP) is -2.04. The van der Waals surface area contributed by atoms with Gasteiger partial charge in [0.15, 0.2) is 0 Å². The van der Waals surface area contributed by atoms with Crippen LogP contribution >= 0.6 is 0 Å². The van der Waals surface area contributed by atoms with Gasteiger partial charge in [-0.05, 0) is 12.1 Å². The van der Waals surface area contributed by atoms with Crippen molar-refractivity contribution in [2.45, 2.75) is 0 Å². The molecule has 0 aliphatic carbocycles. The first-order valence-corrected chi connectivity index (χ1v) is 5.21. The van der Waals surface area contributed by atoms with Crippen LogP contribution in [0, 0.1) is 0 Å². The maximum absolute atomic E-state index is 8.63. The number of aromatic hydroxyl groups is 1. The Morgan fingerprint density at radius 2 is 1.32 bits per heavy atom. The molecule has 3 aromatic carbocycles. The zero-order valence-electron chi connectivity index (χ0n) is 10.1. The summed E-state index contributed by atoms with van der Waals surface area (Å²) in [6.07, 6.45) is 0. The third-order valence-corrected chi connectivity index (χ3v) is 2.30. The van der Waals surface area contributed by atoms with Crippen molar-refractivity contribution in [2.75, 3.05) is 0 Å². The van der Waals surface area contributed by atoms with Crippen molar-refractivity contribution < 1.29 is 51.6 Å². The molecule has 0 unspecified atom stereocenters. The topological polar surface area (TPSA) is 20.2 Å². The number of halogens is 2. The molecule has 0 aromatic heterocycles. The van der Waals surface area contributed by atoms with E-state index in [4.69, 9.17) is 5.11 Å². The van der Waals surface area contributed by atoms with Crippen molar-refractivity contribution >= 4 is 10.8 Å². The molecule has 1 nitrogen and oxygen atoms in total. The van der Waals surface area contributed by atoms with Gasteiger partial charge in [0.05, 0.1) is 0 Å². The average Bonchev–Trinajstić information content (AvgIpc) is 2.79. The second-order valence-electron chi connectivity index (χ2n) is 3.49. The van der Waals surface area contributed by atoms with E-state index in [0.29, 0.717) is 5.75 Å². The van der Waals surface area contributed by atoms with Gasteiger partial charge in [-0.2, -0.15) is 17.5 Å². The van der Waals surface area contributed by atoms with Crippen LogP contribution in [0.2, 0.25) is 0 Å². The fourth-order valence-electron chi connectivity index (χ4n) is 1.50. The van der Waals surface area contributed by atoms with Crippen LogP contribution in [0.3, 0.4) is 0 Å². The molecule has 19 heavy (non-hydrogen) atoms. The van der Waals surface area contributed by atoms with Crippen molar-refractivity contribution in [3.63, 3.8) is 0 Å². The molecule has 0 bridgehead atoms. The molecule has 0 heterocycles. The number of phenols is 1. The third kappa shape index (κ3) is 6.75. The van der Waals surface area contributed by atoms with Gasteiger partial charge in [-0.1, -0.05) is 24.3 Å². The van der Waals surface area contributed by atoms with E-state index in [9.17, 15) is 0 Å². The fraction of sp³-hybridized carbons (Fsp3) is 0. The van der Waals surface area contributed by atoms with Gasteiger partial charge < -0.3 is 29.9 Å². The number of hydrogen-bond donors (Lipinski definition) is 1. The smallest absolute Gasteiger partial charge is 1.00 e. The second kappa shape index (κ2) is 11.0. The summed E-state index contributed by atoms with van der Waals surface area (Å²) in [4.78, 5) is 0. The van der Waals surface area contributed by atoms with E-state index in [1.165, 1.54) is 10.8 Å². The van der Waals surface area contributed by atoms with Crippen LogP contribution in [-0.2, 0) is 21.7 Å². The van der Waals surface area contributed by atoms with E-state index in [-0.39, 0.29) is 46.5 Å². The maximum atomic E-state index is 8.63. The van der Waals surface area contributed by atoms with Crippen LogP contribution in [0.1, 0.15) is 0 Å². The zero-order valence-corrected chi connectivity index (χ0v) is 13.2. The van der Waals surface area contributed by atoms with Crippen LogP contribution in [0.25, 0.3) is 10.8 Å². The Morgan fingerprint density at radius 3 is 1.84 bits per heavy atom. The summed E-state index contributed by atoms with van der Waals surface area (Å²) in [7, 11) is 0. The molecule has 97 valence electrons. The van der Waals surface area contributed by atoms with Crippen LogP contribution in [0.4, 0.5) is 0 Å². The fourth-order valence-corrected chi connectivity index (χ4v) is 1.50. The summed E-state index contributed by atoms with van der Waals surface area (Å²) in [6, 6.07) is 23.4. The molecule has 0 aliphatic rings. The molecule has 0 aliphatic heterocycles. The molecule has 1 N–H and O–H groups in total. The first kappa shape index (κ1) is 20.5. The number of phenolic OH excluding ortho intramolecular Hbond substituents is 1. The predicted molar refractivity (Wildman–Crippen MR) is 67.6 cm³/mol. The van der Waals surface area contributed by atoms with Gasteiger partial charge >= 0.3 is 21.7 Å². The molecule has 0 fully saturated rings. The van der Waals surface area contributed by atoms with Gasteiger partial charge in [0.1, 0.15) is 5.75 Å². The van der Waals surface area contributed by atoms with E-state index >= 15 is 0 Å². The molecule has 0 amide bonds. The summed E-state index contributed by atoms with van der Waals surface area (Å²) in [5, 5.41) is 11.3. The minimum atomic E-state index is 0. The molecule has 0 spiro atoms. The van der Waals surface area contributed by atoms with Crippen LogP contribution < -0.4 is 24.8 Å². The number of hydrogen-bond acceptors (Lipinski definition) is 1. The summed E-state index contributed by atoms with van der Waals surface area (Å²) < 4.78 is 0. The van der Waals surface area contributed by atoms with E-state index in [1.807, 2.05) is 6.07 Å². The summed E-state index contributed by atoms with van der Waals surface area (Å²) in [6.45, 7) is 0. The van der Waals surface area contributed by atoms with Crippen molar-refractivity contribution in [3.05, 3.63) is 72.8 Å². The molecule has 1 radical (unpaired) electrons. The Bertz CT molecular complexity index is 522. The largest absolute Gasteiger partial charge is 3.00 e. The first-order chi connectivity index (χ1) is 7.86. The second-order valence-corrected chi connectivity index (χ2v) is 3.49. The summed E-state index contributed by atoms with van der Waals surface area (Å²) in [5.41, 5.74) is 0. The van der Waals surface area contributed by atoms with Crippen molar-refractivity contribution in [1.82, 2.24) is 0 Å². The number of benzene rings is 2. The molecule has 0 saturated heterocycles. The van der Waals surface area contributed by atoms with E-state index in [2.05, 4.69) is 42.5 Å². The van der Waals surface area contributed by atoms with Gasteiger partial charge in [0, 0.05) is 0 Å². The maximum Gasteiger partial charge on any atom is 3.00 e. The Morgan fingerprint density at radius 1 is 0.737 bits per heavy atom. The Hall–Kier alpha value is -0.856. The standard InChI is InChI=1S/C9H7.C6H6O.2ClH.Ti/c1-2-5-9-7-3-6-8(9)4-1;7-6-4-2-1-3-5-6;;;/h1-7H;1-5,7H;2*1H;/q-1;;;;+3/p-2. The van der Waals surface area contributed by atoms with Crippen LogP contribution in [-0.4, -0.2) is 5.11 Å². The Labute approximate surface area is 140 Å². The van der Waals surface area contributed by atoms with Crippen molar-refractivity contribution in [3.8, 4) is 5.75 Å². The van der Waals surface area contributed by atoms with E-state index in [0.717, 1.165) is 0 Å². The Balaban J connectivity index is 0. The molecular formula is C15H13Cl2OTi. The van der Waals surface area contributed by atoms with E-state index in [1.54, 1.807) is 24.3 Å². The minimum absolute atomic E-state index is 0. The van der Waals surface area contributed by atoms with E-state index < -0.39 is 0 Å².